The summed E-state index contributed by atoms with van der Waals surface area (Å²) < 4.78 is 37.4. The van der Waals surface area contributed by atoms with E-state index in [1.54, 1.807) is 18.2 Å². The minimum absolute atomic E-state index is 0.115. The third kappa shape index (κ3) is 3.73. The summed E-state index contributed by atoms with van der Waals surface area (Å²) >= 11 is 0. The van der Waals surface area contributed by atoms with Crippen LogP contribution in [0.5, 0.6) is 5.75 Å². The number of ether oxygens (including phenoxy) is 2. The molecule has 0 radical (unpaired) electrons. The first-order valence-electron chi connectivity index (χ1n) is 8.10. The van der Waals surface area contributed by atoms with Crippen molar-refractivity contribution in [1.29, 1.82) is 0 Å². The highest BCUT2D eigenvalue weighted by molar-refractivity contribution is 7.89. The van der Waals surface area contributed by atoms with Gasteiger partial charge >= 0.3 is 0 Å². The Hall–Kier alpha value is -1.19. The Balaban J connectivity index is 1.71. The summed E-state index contributed by atoms with van der Waals surface area (Å²) in [7, 11) is -2.13. The SMILES string of the molecule is COc1cccc(S(=O)(=O)N2CC[C@@](O)(CN3CCOCC3)C2)c1. The van der Waals surface area contributed by atoms with Gasteiger partial charge in [-0.3, -0.25) is 4.90 Å². The predicted octanol–water partition coefficient (Wildman–Crippen LogP) is 0.153. The average Bonchev–Trinajstić information content (AvgIpc) is 2.98. The number of hydrogen-bond donors (Lipinski definition) is 1. The highest BCUT2D eigenvalue weighted by Gasteiger charge is 2.42. The van der Waals surface area contributed by atoms with E-state index in [2.05, 4.69) is 4.90 Å². The molecule has 0 aromatic heterocycles. The van der Waals surface area contributed by atoms with E-state index in [4.69, 9.17) is 9.47 Å². The number of hydrogen-bond acceptors (Lipinski definition) is 6. The van der Waals surface area contributed by atoms with Gasteiger partial charge in [-0.05, 0) is 18.6 Å². The van der Waals surface area contributed by atoms with Crippen molar-refractivity contribution in [3.8, 4) is 5.75 Å². The normalized spacial score (nSPS) is 26.6. The van der Waals surface area contributed by atoms with Gasteiger partial charge in [0.2, 0.25) is 10.0 Å². The lowest BCUT2D eigenvalue weighted by atomic mass is 10.0. The van der Waals surface area contributed by atoms with Crippen LogP contribution in [0.15, 0.2) is 29.2 Å². The van der Waals surface area contributed by atoms with Crippen molar-refractivity contribution < 1.29 is 23.0 Å². The lowest BCUT2D eigenvalue weighted by Gasteiger charge is -2.33. The van der Waals surface area contributed by atoms with Crippen molar-refractivity contribution in [2.75, 3.05) is 53.0 Å². The topological polar surface area (TPSA) is 79.3 Å². The molecule has 1 N–H and O–H groups in total. The summed E-state index contributed by atoms with van der Waals surface area (Å²) in [6, 6.07) is 6.42. The fourth-order valence-corrected chi connectivity index (χ4v) is 4.80. The van der Waals surface area contributed by atoms with Gasteiger partial charge in [0.1, 0.15) is 5.75 Å². The molecule has 2 saturated heterocycles. The Bertz CT molecular complexity index is 675. The Kier molecular flexibility index (Phi) is 5.12. The molecule has 2 aliphatic heterocycles. The maximum Gasteiger partial charge on any atom is 0.243 e. The summed E-state index contributed by atoms with van der Waals surface area (Å²) in [4.78, 5) is 2.32. The van der Waals surface area contributed by atoms with Crippen LogP contribution in [0.4, 0.5) is 0 Å². The van der Waals surface area contributed by atoms with Crippen molar-refractivity contribution in [2.45, 2.75) is 16.9 Å². The smallest absolute Gasteiger partial charge is 0.243 e. The van der Waals surface area contributed by atoms with Crippen LogP contribution < -0.4 is 4.74 Å². The average molecular weight is 356 g/mol. The van der Waals surface area contributed by atoms with Gasteiger partial charge < -0.3 is 14.6 Å². The lowest BCUT2D eigenvalue weighted by molar-refractivity contribution is -0.0239. The minimum atomic E-state index is -3.63. The molecule has 0 aliphatic carbocycles. The molecular weight excluding hydrogens is 332 g/mol. The number of methoxy groups -OCH3 is 1. The fourth-order valence-electron chi connectivity index (χ4n) is 3.24. The zero-order chi connectivity index (χ0) is 17.2. The van der Waals surface area contributed by atoms with E-state index in [-0.39, 0.29) is 11.4 Å². The zero-order valence-electron chi connectivity index (χ0n) is 13.8. The van der Waals surface area contributed by atoms with Crippen LogP contribution >= 0.6 is 0 Å². The van der Waals surface area contributed by atoms with E-state index in [0.29, 0.717) is 38.5 Å². The predicted molar refractivity (Wildman–Crippen MR) is 88.6 cm³/mol. The van der Waals surface area contributed by atoms with Crippen molar-refractivity contribution in [3.63, 3.8) is 0 Å². The van der Waals surface area contributed by atoms with Gasteiger partial charge in [-0.1, -0.05) is 6.07 Å². The van der Waals surface area contributed by atoms with Crippen LogP contribution in [-0.4, -0.2) is 81.4 Å². The molecule has 0 bridgehead atoms. The highest BCUT2D eigenvalue weighted by atomic mass is 32.2. The van der Waals surface area contributed by atoms with Crippen LogP contribution in [0, 0.1) is 0 Å². The molecule has 0 unspecified atom stereocenters. The van der Waals surface area contributed by atoms with Gasteiger partial charge in [0.15, 0.2) is 0 Å². The van der Waals surface area contributed by atoms with Crippen LogP contribution in [-0.2, 0) is 14.8 Å². The zero-order valence-corrected chi connectivity index (χ0v) is 14.7. The summed E-state index contributed by atoms with van der Waals surface area (Å²) in [5, 5.41) is 10.8. The molecule has 8 heteroatoms. The van der Waals surface area contributed by atoms with E-state index in [9.17, 15) is 13.5 Å². The first-order valence-corrected chi connectivity index (χ1v) is 9.54. The number of nitrogens with zero attached hydrogens (tertiary/aromatic N) is 2. The molecule has 3 rings (SSSR count). The molecule has 1 aromatic carbocycles. The molecule has 2 aliphatic rings. The second kappa shape index (κ2) is 6.97. The summed E-state index contributed by atoms with van der Waals surface area (Å²) in [6.45, 7) is 3.75. The monoisotopic (exact) mass is 356 g/mol. The highest BCUT2D eigenvalue weighted by Crippen LogP contribution is 2.29. The molecule has 1 aromatic rings. The third-order valence-electron chi connectivity index (χ3n) is 4.60. The number of rotatable bonds is 5. The largest absolute Gasteiger partial charge is 0.497 e. The number of β-amino-alcohol motifs (C(OH)–C–C–N with tert-alkyl or cyclic N) is 1. The van der Waals surface area contributed by atoms with Crippen molar-refractivity contribution in [1.82, 2.24) is 9.21 Å². The fraction of sp³-hybridized carbons (Fsp3) is 0.625. The molecule has 0 saturated carbocycles. The molecule has 1 atom stereocenters. The number of morpholine rings is 1. The summed E-state index contributed by atoms with van der Waals surface area (Å²) in [5.74, 6) is 0.499. The van der Waals surface area contributed by atoms with E-state index in [0.717, 1.165) is 13.1 Å². The van der Waals surface area contributed by atoms with Crippen LogP contribution in [0.2, 0.25) is 0 Å². The van der Waals surface area contributed by atoms with E-state index in [1.165, 1.54) is 17.5 Å². The molecule has 2 fully saturated rings. The Morgan fingerprint density at radius 1 is 1.29 bits per heavy atom. The lowest BCUT2D eigenvalue weighted by Crippen LogP contribution is -2.49. The van der Waals surface area contributed by atoms with Crippen molar-refractivity contribution in [2.24, 2.45) is 0 Å². The quantitative estimate of drug-likeness (QED) is 0.809. The van der Waals surface area contributed by atoms with Gasteiger partial charge in [0.25, 0.3) is 0 Å². The van der Waals surface area contributed by atoms with Gasteiger partial charge in [0, 0.05) is 38.8 Å². The van der Waals surface area contributed by atoms with Crippen molar-refractivity contribution in [3.05, 3.63) is 24.3 Å². The molecule has 24 heavy (non-hydrogen) atoms. The Morgan fingerprint density at radius 2 is 2.04 bits per heavy atom. The molecule has 7 nitrogen and oxygen atoms in total. The number of aliphatic hydroxyl groups is 1. The first kappa shape index (κ1) is 17.6. The van der Waals surface area contributed by atoms with Gasteiger partial charge in [-0.15, -0.1) is 0 Å². The molecule has 2 heterocycles. The molecule has 134 valence electrons. The van der Waals surface area contributed by atoms with Gasteiger partial charge in [0.05, 0.1) is 30.8 Å². The first-order chi connectivity index (χ1) is 11.4. The Morgan fingerprint density at radius 3 is 2.75 bits per heavy atom. The number of sulfonamides is 1. The molecule has 0 amide bonds. The molecule has 0 spiro atoms. The van der Waals surface area contributed by atoms with Crippen molar-refractivity contribution >= 4 is 10.0 Å². The van der Waals surface area contributed by atoms with Gasteiger partial charge in [-0.25, -0.2) is 8.42 Å². The van der Waals surface area contributed by atoms with E-state index in [1.807, 2.05) is 0 Å². The number of benzene rings is 1. The second-order valence-electron chi connectivity index (χ2n) is 6.38. The van der Waals surface area contributed by atoms with Crippen LogP contribution in [0.1, 0.15) is 6.42 Å². The second-order valence-corrected chi connectivity index (χ2v) is 8.32. The Labute approximate surface area is 142 Å². The maximum atomic E-state index is 12.8. The maximum absolute atomic E-state index is 12.8. The minimum Gasteiger partial charge on any atom is -0.497 e. The third-order valence-corrected chi connectivity index (χ3v) is 6.44. The van der Waals surface area contributed by atoms with E-state index < -0.39 is 15.6 Å². The van der Waals surface area contributed by atoms with E-state index >= 15 is 0 Å². The summed E-state index contributed by atoms with van der Waals surface area (Å²) in [6.07, 6.45) is 0.438. The summed E-state index contributed by atoms with van der Waals surface area (Å²) in [5.41, 5.74) is -1.01. The standard InChI is InChI=1S/C16H24N2O5S/c1-22-14-3-2-4-15(11-14)24(20,21)18-6-5-16(19,13-18)12-17-7-9-23-10-8-17/h2-4,11,19H,5-10,12-13H2,1H3/t16-/m1/s1. The van der Waals surface area contributed by atoms with Gasteiger partial charge in [-0.2, -0.15) is 4.31 Å². The van der Waals surface area contributed by atoms with Crippen LogP contribution in [0.3, 0.4) is 0 Å². The molecular formula is C16H24N2O5S. The van der Waals surface area contributed by atoms with Crippen LogP contribution in [0.25, 0.3) is 0 Å².